The Balaban J connectivity index is 1.36. The number of halogens is 3. The molecule has 0 saturated carbocycles. The van der Waals surface area contributed by atoms with E-state index < -0.39 is 0 Å². The highest BCUT2D eigenvalue weighted by molar-refractivity contribution is 6.33. The van der Waals surface area contributed by atoms with Crippen LogP contribution in [0.4, 0.5) is 11.4 Å². The number of rotatable bonds is 5. The minimum Gasteiger partial charge on any atom is -0.368 e. The van der Waals surface area contributed by atoms with Crippen molar-refractivity contribution in [1.82, 2.24) is 4.90 Å². The minimum absolute atomic E-state index is 0.200. The monoisotopic (exact) mass is 473 g/mol. The molecule has 0 bridgehead atoms. The number of benzene rings is 3. The molecule has 1 amide bonds. The molecule has 3 aromatic carbocycles. The third-order valence-electron chi connectivity index (χ3n) is 5.38. The summed E-state index contributed by atoms with van der Waals surface area (Å²) in [6.07, 6.45) is 0. The lowest BCUT2D eigenvalue weighted by molar-refractivity contribution is 0.102. The maximum Gasteiger partial charge on any atom is 0.255 e. The van der Waals surface area contributed by atoms with Gasteiger partial charge in [0, 0.05) is 54.0 Å². The van der Waals surface area contributed by atoms with Gasteiger partial charge in [-0.2, -0.15) is 0 Å². The second kappa shape index (κ2) is 9.92. The van der Waals surface area contributed by atoms with Gasteiger partial charge in [-0.05, 0) is 54.1 Å². The van der Waals surface area contributed by atoms with Crippen LogP contribution >= 0.6 is 34.8 Å². The van der Waals surface area contributed by atoms with E-state index >= 15 is 0 Å². The van der Waals surface area contributed by atoms with Crippen LogP contribution < -0.4 is 10.2 Å². The van der Waals surface area contributed by atoms with Gasteiger partial charge in [-0.25, -0.2) is 0 Å². The molecule has 0 spiro atoms. The van der Waals surface area contributed by atoms with Crippen molar-refractivity contribution >= 4 is 52.1 Å². The highest BCUT2D eigenvalue weighted by Crippen LogP contribution is 2.30. The highest BCUT2D eigenvalue weighted by Gasteiger charge is 2.20. The maximum atomic E-state index is 12.4. The molecular formula is C24H22Cl3N3O. The molecule has 1 saturated heterocycles. The highest BCUT2D eigenvalue weighted by atomic mass is 35.5. The minimum atomic E-state index is -0.200. The number of hydrogen-bond donors (Lipinski definition) is 1. The van der Waals surface area contributed by atoms with E-state index in [-0.39, 0.29) is 5.91 Å². The molecule has 1 heterocycles. The summed E-state index contributed by atoms with van der Waals surface area (Å²) in [5.41, 5.74) is 3.32. The Bertz CT molecular complexity index is 1060. The van der Waals surface area contributed by atoms with Gasteiger partial charge in [0.05, 0.1) is 10.7 Å². The lowest BCUT2D eigenvalue weighted by Gasteiger charge is -2.36. The molecule has 1 N–H and O–H groups in total. The Labute approximate surface area is 197 Å². The fourth-order valence-corrected chi connectivity index (χ4v) is 4.28. The van der Waals surface area contributed by atoms with Gasteiger partial charge in [-0.3, -0.25) is 9.69 Å². The first kappa shape index (κ1) is 22.0. The third kappa shape index (κ3) is 5.52. The van der Waals surface area contributed by atoms with E-state index in [1.165, 1.54) is 0 Å². The summed E-state index contributed by atoms with van der Waals surface area (Å²) in [7, 11) is 0. The van der Waals surface area contributed by atoms with Gasteiger partial charge in [0.15, 0.2) is 0 Å². The number of nitrogens with one attached hydrogen (secondary N) is 1. The Morgan fingerprint density at radius 1 is 0.839 bits per heavy atom. The van der Waals surface area contributed by atoms with Crippen molar-refractivity contribution in [3.8, 4) is 0 Å². The fraction of sp³-hybridized carbons (Fsp3) is 0.208. The molecule has 0 radical (unpaired) electrons. The molecule has 4 nitrogen and oxygen atoms in total. The van der Waals surface area contributed by atoms with Crippen molar-refractivity contribution in [2.75, 3.05) is 36.4 Å². The SMILES string of the molecule is O=C(Nc1ccc(N2CCN(Cc3ccccc3Cl)CC2)c(Cl)c1)c1ccc(Cl)cc1. The zero-order valence-corrected chi connectivity index (χ0v) is 19.1. The van der Waals surface area contributed by atoms with Gasteiger partial charge >= 0.3 is 0 Å². The normalized spacial score (nSPS) is 14.5. The van der Waals surface area contributed by atoms with Gasteiger partial charge in [-0.15, -0.1) is 0 Å². The molecule has 31 heavy (non-hydrogen) atoms. The molecule has 0 unspecified atom stereocenters. The van der Waals surface area contributed by atoms with Crippen LogP contribution in [0.3, 0.4) is 0 Å². The molecule has 1 fully saturated rings. The molecule has 1 aliphatic heterocycles. The Kier molecular flexibility index (Phi) is 7.03. The summed E-state index contributed by atoms with van der Waals surface area (Å²) in [6.45, 7) is 4.45. The predicted molar refractivity (Wildman–Crippen MR) is 130 cm³/mol. The van der Waals surface area contributed by atoms with E-state index in [1.807, 2.05) is 30.3 Å². The van der Waals surface area contributed by atoms with Crippen LogP contribution in [0, 0.1) is 0 Å². The molecule has 1 aliphatic rings. The topological polar surface area (TPSA) is 35.6 Å². The average Bonchev–Trinajstić information content (AvgIpc) is 2.77. The summed E-state index contributed by atoms with van der Waals surface area (Å²) >= 11 is 18.7. The predicted octanol–water partition coefficient (Wildman–Crippen LogP) is 6.22. The first-order chi connectivity index (χ1) is 15.0. The quantitative estimate of drug-likeness (QED) is 0.477. The lowest BCUT2D eigenvalue weighted by Crippen LogP contribution is -2.46. The smallest absolute Gasteiger partial charge is 0.255 e. The summed E-state index contributed by atoms with van der Waals surface area (Å²) in [6, 6.07) is 20.4. The zero-order chi connectivity index (χ0) is 21.8. The molecule has 4 rings (SSSR count). The number of hydrogen-bond acceptors (Lipinski definition) is 3. The van der Waals surface area contributed by atoms with Crippen LogP contribution in [-0.4, -0.2) is 37.0 Å². The second-order valence-corrected chi connectivity index (χ2v) is 8.73. The number of piperazine rings is 1. The number of nitrogens with zero attached hydrogens (tertiary/aromatic N) is 2. The van der Waals surface area contributed by atoms with Crippen molar-refractivity contribution in [3.05, 3.63) is 92.9 Å². The van der Waals surface area contributed by atoms with Crippen LogP contribution in [0.25, 0.3) is 0 Å². The van der Waals surface area contributed by atoms with Crippen molar-refractivity contribution in [2.24, 2.45) is 0 Å². The van der Waals surface area contributed by atoms with Gasteiger partial charge in [-0.1, -0.05) is 53.0 Å². The van der Waals surface area contributed by atoms with E-state index in [9.17, 15) is 4.79 Å². The third-order valence-corrected chi connectivity index (χ3v) is 6.30. The van der Waals surface area contributed by atoms with Crippen LogP contribution in [0.15, 0.2) is 66.7 Å². The van der Waals surface area contributed by atoms with Crippen molar-refractivity contribution in [2.45, 2.75) is 6.54 Å². The van der Waals surface area contributed by atoms with E-state index in [0.717, 1.165) is 49.0 Å². The van der Waals surface area contributed by atoms with Gasteiger partial charge in [0.1, 0.15) is 0 Å². The van der Waals surface area contributed by atoms with E-state index in [1.54, 1.807) is 30.3 Å². The van der Waals surface area contributed by atoms with Crippen molar-refractivity contribution in [1.29, 1.82) is 0 Å². The van der Waals surface area contributed by atoms with Crippen molar-refractivity contribution in [3.63, 3.8) is 0 Å². The maximum absolute atomic E-state index is 12.4. The zero-order valence-electron chi connectivity index (χ0n) is 16.8. The van der Waals surface area contributed by atoms with Crippen LogP contribution in [0.2, 0.25) is 15.1 Å². The molecule has 0 aliphatic carbocycles. The number of carbonyl (C=O) groups is 1. The molecule has 0 atom stereocenters. The lowest BCUT2D eigenvalue weighted by atomic mass is 10.1. The van der Waals surface area contributed by atoms with Gasteiger partial charge in [0.2, 0.25) is 0 Å². The van der Waals surface area contributed by atoms with Crippen LogP contribution in [-0.2, 0) is 6.54 Å². The first-order valence-corrected chi connectivity index (χ1v) is 11.2. The van der Waals surface area contributed by atoms with Gasteiger partial charge in [0.25, 0.3) is 5.91 Å². The van der Waals surface area contributed by atoms with Crippen LogP contribution in [0.1, 0.15) is 15.9 Å². The molecule has 160 valence electrons. The standard InChI is InChI=1S/C24H22Cl3N3O/c25-19-7-5-17(6-8-19)24(31)28-20-9-10-23(22(27)15-20)30-13-11-29(12-14-30)16-18-3-1-2-4-21(18)26/h1-10,15H,11-14,16H2,(H,28,31). The Morgan fingerprint density at radius 3 is 2.23 bits per heavy atom. The Morgan fingerprint density at radius 2 is 1.55 bits per heavy atom. The fourth-order valence-electron chi connectivity index (χ4n) is 3.66. The van der Waals surface area contributed by atoms with Crippen molar-refractivity contribution < 1.29 is 4.79 Å². The Hall–Kier alpha value is -2.24. The van der Waals surface area contributed by atoms with E-state index in [0.29, 0.717) is 21.3 Å². The number of carbonyl (C=O) groups excluding carboxylic acids is 1. The summed E-state index contributed by atoms with van der Waals surface area (Å²) < 4.78 is 0. The number of amides is 1. The molecule has 0 aromatic heterocycles. The summed E-state index contributed by atoms with van der Waals surface area (Å²) in [5.74, 6) is -0.200. The second-order valence-electron chi connectivity index (χ2n) is 7.48. The molecule has 7 heteroatoms. The van der Waals surface area contributed by atoms with E-state index in [4.69, 9.17) is 34.8 Å². The van der Waals surface area contributed by atoms with Gasteiger partial charge < -0.3 is 10.2 Å². The van der Waals surface area contributed by atoms with E-state index in [2.05, 4.69) is 21.2 Å². The largest absolute Gasteiger partial charge is 0.368 e. The molecular weight excluding hydrogens is 453 g/mol. The summed E-state index contributed by atoms with van der Waals surface area (Å²) in [4.78, 5) is 17.1. The summed E-state index contributed by atoms with van der Waals surface area (Å²) in [5, 5.41) is 4.90. The average molecular weight is 475 g/mol. The molecule has 3 aromatic rings. The van der Waals surface area contributed by atoms with Crippen LogP contribution in [0.5, 0.6) is 0 Å². The first-order valence-electron chi connectivity index (χ1n) is 10.1. The number of anilines is 2.